The van der Waals surface area contributed by atoms with Crippen molar-refractivity contribution in [3.8, 4) is 11.3 Å². The molecular weight excluding hydrogens is 324 g/mol. The van der Waals surface area contributed by atoms with Gasteiger partial charge in [0.05, 0.1) is 11.8 Å². The van der Waals surface area contributed by atoms with Gasteiger partial charge in [0.25, 0.3) is 0 Å². The highest BCUT2D eigenvalue weighted by Crippen LogP contribution is 2.26. The number of aliphatic hydroxyl groups is 1. The molecule has 1 amide bonds. The van der Waals surface area contributed by atoms with Crippen molar-refractivity contribution in [2.24, 2.45) is 0 Å². The standard InChI is InChI=1S/C18H22N2O3S/c21-16(20-13-18(22)8-10-24-11-9-18)6-7-17-19-12-15(23-17)14-4-2-1-3-5-14/h1-5,12,22H,6-11,13H2,(H,20,21). The molecule has 2 N–H and O–H groups in total. The first kappa shape index (κ1) is 17.0. The third-order valence-electron chi connectivity index (χ3n) is 4.22. The third-order valence-corrected chi connectivity index (χ3v) is 5.20. The van der Waals surface area contributed by atoms with Crippen LogP contribution in [0, 0.1) is 0 Å². The number of amides is 1. The number of hydrogen-bond acceptors (Lipinski definition) is 5. The number of nitrogens with one attached hydrogen (secondary N) is 1. The van der Waals surface area contributed by atoms with Crippen LogP contribution in [0.15, 0.2) is 40.9 Å². The minimum Gasteiger partial charge on any atom is -0.441 e. The molecule has 2 heterocycles. The second-order valence-corrected chi connectivity index (χ2v) is 7.32. The Kier molecular flexibility index (Phi) is 5.58. The van der Waals surface area contributed by atoms with Gasteiger partial charge in [-0.05, 0) is 24.3 Å². The Morgan fingerprint density at radius 2 is 2.04 bits per heavy atom. The van der Waals surface area contributed by atoms with Crippen LogP contribution in [0.5, 0.6) is 0 Å². The maximum atomic E-state index is 12.0. The van der Waals surface area contributed by atoms with Crippen molar-refractivity contribution in [3.63, 3.8) is 0 Å². The summed E-state index contributed by atoms with van der Waals surface area (Å²) in [6, 6.07) is 9.75. The lowest BCUT2D eigenvalue weighted by Gasteiger charge is -2.31. The van der Waals surface area contributed by atoms with Gasteiger partial charge in [0, 0.05) is 24.9 Å². The van der Waals surface area contributed by atoms with E-state index in [0.717, 1.165) is 29.9 Å². The van der Waals surface area contributed by atoms with Crippen LogP contribution >= 0.6 is 11.8 Å². The van der Waals surface area contributed by atoms with E-state index in [4.69, 9.17) is 4.42 Å². The van der Waals surface area contributed by atoms with Crippen molar-refractivity contribution in [2.75, 3.05) is 18.1 Å². The average Bonchev–Trinajstić information content (AvgIpc) is 3.09. The molecule has 6 heteroatoms. The van der Waals surface area contributed by atoms with E-state index in [1.54, 1.807) is 6.20 Å². The minimum atomic E-state index is -0.746. The minimum absolute atomic E-state index is 0.0823. The first-order chi connectivity index (χ1) is 11.6. The predicted molar refractivity (Wildman–Crippen MR) is 94.8 cm³/mol. The lowest BCUT2D eigenvalue weighted by Crippen LogP contribution is -2.45. The number of nitrogens with zero attached hydrogens (tertiary/aromatic N) is 1. The van der Waals surface area contributed by atoms with Crippen LogP contribution in [0.25, 0.3) is 11.3 Å². The van der Waals surface area contributed by atoms with Gasteiger partial charge >= 0.3 is 0 Å². The van der Waals surface area contributed by atoms with Gasteiger partial charge in [0.2, 0.25) is 5.91 Å². The number of carbonyl (C=O) groups is 1. The van der Waals surface area contributed by atoms with E-state index in [1.807, 2.05) is 42.1 Å². The molecule has 0 atom stereocenters. The molecule has 0 unspecified atom stereocenters. The van der Waals surface area contributed by atoms with Gasteiger partial charge in [-0.2, -0.15) is 11.8 Å². The third kappa shape index (κ3) is 4.61. The Labute approximate surface area is 145 Å². The topological polar surface area (TPSA) is 75.4 Å². The zero-order chi connectivity index (χ0) is 16.8. The van der Waals surface area contributed by atoms with E-state index in [9.17, 15) is 9.90 Å². The molecule has 0 saturated carbocycles. The fourth-order valence-electron chi connectivity index (χ4n) is 2.66. The summed E-state index contributed by atoms with van der Waals surface area (Å²) in [5.41, 5.74) is 0.225. The zero-order valence-corrected chi connectivity index (χ0v) is 14.3. The van der Waals surface area contributed by atoms with Crippen molar-refractivity contribution in [1.29, 1.82) is 0 Å². The number of aryl methyl sites for hydroxylation is 1. The molecule has 1 saturated heterocycles. The zero-order valence-electron chi connectivity index (χ0n) is 13.5. The molecule has 0 bridgehead atoms. The highest BCUT2D eigenvalue weighted by atomic mass is 32.2. The molecule has 128 valence electrons. The molecule has 0 spiro atoms. The molecular formula is C18H22N2O3S. The largest absolute Gasteiger partial charge is 0.441 e. The molecule has 2 aromatic rings. The smallest absolute Gasteiger partial charge is 0.220 e. The number of carbonyl (C=O) groups excluding carboxylic acids is 1. The predicted octanol–water partition coefficient (Wildman–Crippen LogP) is 2.65. The first-order valence-electron chi connectivity index (χ1n) is 8.22. The Morgan fingerprint density at radius 3 is 2.79 bits per heavy atom. The molecule has 1 aliphatic rings. The van der Waals surface area contributed by atoms with Gasteiger partial charge in [-0.15, -0.1) is 0 Å². The number of hydrogen-bond donors (Lipinski definition) is 2. The van der Waals surface area contributed by atoms with Crippen LogP contribution < -0.4 is 5.32 Å². The molecule has 3 rings (SSSR count). The van der Waals surface area contributed by atoms with E-state index in [-0.39, 0.29) is 5.91 Å². The summed E-state index contributed by atoms with van der Waals surface area (Å²) in [5, 5.41) is 13.2. The van der Waals surface area contributed by atoms with Gasteiger partial charge in [-0.3, -0.25) is 4.79 Å². The number of rotatable bonds is 6. The quantitative estimate of drug-likeness (QED) is 0.841. The van der Waals surface area contributed by atoms with Crippen molar-refractivity contribution in [3.05, 3.63) is 42.4 Å². The molecule has 1 aromatic carbocycles. The normalized spacial score (nSPS) is 16.7. The fraction of sp³-hybridized carbons (Fsp3) is 0.444. The highest BCUT2D eigenvalue weighted by Gasteiger charge is 2.29. The molecule has 1 aliphatic heterocycles. The summed E-state index contributed by atoms with van der Waals surface area (Å²) >= 11 is 1.85. The van der Waals surface area contributed by atoms with Crippen LogP contribution in [-0.2, 0) is 11.2 Å². The molecule has 1 aromatic heterocycles. The number of aromatic nitrogens is 1. The average molecular weight is 346 g/mol. The Morgan fingerprint density at radius 1 is 1.29 bits per heavy atom. The summed E-state index contributed by atoms with van der Waals surface area (Å²) in [6.07, 6.45) is 3.91. The summed E-state index contributed by atoms with van der Waals surface area (Å²) in [5.74, 6) is 3.08. The van der Waals surface area contributed by atoms with E-state index < -0.39 is 5.60 Å². The maximum absolute atomic E-state index is 12.0. The van der Waals surface area contributed by atoms with Gasteiger partial charge in [0.15, 0.2) is 11.7 Å². The maximum Gasteiger partial charge on any atom is 0.220 e. The van der Waals surface area contributed by atoms with Crippen LogP contribution in [0.3, 0.4) is 0 Å². The van der Waals surface area contributed by atoms with Crippen LogP contribution in [0.2, 0.25) is 0 Å². The van der Waals surface area contributed by atoms with Crippen LogP contribution in [-0.4, -0.2) is 39.6 Å². The summed E-state index contributed by atoms with van der Waals surface area (Å²) in [7, 11) is 0. The fourth-order valence-corrected chi connectivity index (χ4v) is 3.91. The Balaban J connectivity index is 1.46. The van der Waals surface area contributed by atoms with Gasteiger partial charge in [-0.25, -0.2) is 4.98 Å². The van der Waals surface area contributed by atoms with E-state index in [2.05, 4.69) is 10.3 Å². The van der Waals surface area contributed by atoms with Gasteiger partial charge < -0.3 is 14.8 Å². The van der Waals surface area contributed by atoms with E-state index in [1.165, 1.54) is 0 Å². The first-order valence-corrected chi connectivity index (χ1v) is 9.37. The van der Waals surface area contributed by atoms with Crippen molar-refractivity contribution >= 4 is 17.7 Å². The number of benzene rings is 1. The van der Waals surface area contributed by atoms with Crippen molar-refractivity contribution in [2.45, 2.75) is 31.3 Å². The van der Waals surface area contributed by atoms with Crippen LogP contribution in [0.1, 0.15) is 25.2 Å². The van der Waals surface area contributed by atoms with E-state index >= 15 is 0 Å². The summed E-state index contributed by atoms with van der Waals surface area (Å²) < 4.78 is 5.69. The number of oxazole rings is 1. The lowest BCUT2D eigenvalue weighted by molar-refractivity contribution is -0.122. The molecule has 0 radical (unpaired) electrons. The van der Waals surface area contributed by atoms with Crippen molar-refractivity contribution < 1.29 is 14.3 Å². The molecule has 0 aliphatic carbocycles. The Hall–Kier alpha value is -1.79. The highest BCUT2D eigenvalue weighted by molar-refractivity contribution is 7.99. The summed E-state index contributed by atoms with van der Waals surface area (Å²) in [4.78, 5) is 16.2. The molecule has 24 heavy (non-hydrogen) atoms. The van der Waals surface area contributed by atoms with E-state index in [0.29, 0.717) is 31.0 Å². The molecule has 1 fully saturated rings. The summed E-state index contributed by atoms with van der Waals surface area (Å²) in [6.45, 7) is 0.327. The van der Waals surface area contributed by atoms with Gasteiger partial charge in [-0.1, -0.05) is 30.3 Å². The molecule has 5 nitrogen and oxygen atoms in total. The monoisotopic (exact) mass is 346 g/mol. The Bertz CT molecular complexity index is 666. The lowest BCUT2D eigenvalue weighted by atomic mass is 9.97. The second kappa shape index (κ2) is 7.85. The second-order valence-electron chi connectivity index (χ2n) is 6.10. The number of thioether (sulfide) groups is 1. The van der Waals surface area contributed by atoms with Gasteiger partial charge in [0.1, 0.15) is 0 Å². The van der Waals surface area contributed by atoms with Crippen molar-refractivity contribution in [1.82, 2.24) is 10.3 Å². The SMILES string of the molecule is O=C(CCc1ncc(-c2ccccc2)o1)NCC1(O)CCSCC1. The van der Waals surface area contributed by atoms with Crippen LogP contribution in [0.4, 0.5) is 0 Å².